The molecular formula is C18H17FN2O3. The number of benzene rings is 1. The van der Waals surface area contributed by atoms with E-state index in [0.29, 0.717) is 25.4 Å². The Morgan fingerprint density at radius 2 is 2.21 bits per heavy atom. The van der Waals surface area contributed by atoms with Crippen LogP contribution in [-0.2, 0) is 0 Å². The van der Waals surface area contributed by atoms with Gasteiger partial charge in [-0.05, 0) is 48.7 Å². The number of hydrogen-bond acceptors (Lipinski definition) is 3. The number of amides is 1. The van der Waals surface area contributed by atoms with Crippen molar-refractivity contribution in [3.05, 3.63) is 59.5 Å². The van der Waals surface area contributed by atoms with Crippen LogP contribution in [0.2, 0.25) is 0 Å². The van der Waals surface area contributed by atoms with Crippen LogP contribution in [0.15, 0.2) is 42.6 Å². The van der Waals surface area contributed by atoms with Gasteiger partial charge in [-0.15, -0.1) is 0 Å². The molecule has 1 aliphatic heterocycles. The van der Waals surface area contributed by atoms with E-state index in [0.717, 1.165) is 16.7 Å². The molecule has 0 saturated carbocycles. The summed E-state index contributed by atoms with van der Waals surface area (Å²) in [6.45, 7) is 2.53. The molecule has 1 aromatic carbocycles. The van der Waals surface area contributed by atoms with Crippen molar-refractivity contribution in [2.24, 2.45) is 0 Å². The zero-order chi connectivity index (χ0) is 17.1. The number of pyridine rings is 1. The molecule has 2 aromatic rings. The fourth-order valence-corrected chi connectivity index (χ4v) is 2.60. The zero-order valence-corrected chi connectivity index (χ0v) is 13.2. The first-order valence-corrected chi connectivity index (χ1v) is 7.61. The number of aryl methyl sites for hydroxylation is 1. The van der Waals surface area contributed by atoms with Gasteiger partial charge < -0.3 is 14.7 Å². The quantitative estimate of drug-likeness (QED) is 0.922. The first kappa shape index (κ1) is 16.0. The molecule has 0 bridgehead atoms. The summed E-state index contributed by atoms with van der Waals surface area (Å²) in [7, 11) is 0. The minimum atomic E-state index is -0.935. The third-order valence-corrected chi connectivity index (χ3v) is 3.89. The molecule has 5 nitrogen and oxygen atoms in total. The summed E-state index contributed by atoms with van der Waals surface area (Å²) in [4.78, 5) is 16.5. The lowest BCUT2D eigenvalue weighted by molar-refractivity contribution is 0.150. The number of nitrogens with zero attached hydrogens (tertiary/aromatic N) is 2. The van der Waals surface area contributed by atoms with E-state index >= 15 is 0 Å². The highest BCUT2D eigenvalue weighted by Crippen LogP contribution is 2.32. The summed E-state index contributed by atoms with van der Waals surface area (Å²) in [5, 5.41) is 9.02. The normalized spacial score (nSPS) is 14.2. The van der Waals surface area contributed by atoms with Crippen molar-refractivity contribution < 1.29 is 19.0 Å². The lowest BCUT2D eigenvalue weighted by atomic mass is 10.0. The molecule has 0 atom stereocenters. The number of hydrogen-bond donors (Lipinski definition) is 1. The van der Waals surface area contributed by atoms with Crippen LogP contribution in [0.3, 0.4) is 0 Å². The molecule has 1 aromatic heterocycles. The molecule has 3 rings (SSSR count). The lowest BCUT2D eigenvalue weighted by Gasteiger charge is -2.24. The maximum atomic E-state index is 14.0. The molecule has 24 heavy (non-hydrogen) atoms. The average Bonchev–Trinajstić information content (AvgIpc) is 2.58. The first-order valence-electron chi connectivity index (χ1n) is 7.61. The van der Waals surface area contributed by atoms with Crippen molar-refractivity contribution in [2.75, 3.05) is 13.1 Å². The number of aromatic nitrogens is 1. The monoisotopic (exact) mass is 328 g/mol. The van der Waals surface area contributed by atoms with E-state index < -0.39 is 11.9 Å². The van der Waals surface area contributed by atoms with Crippen molar-refractivity contribution in [1.82, 2.24) is 9.88 Å². The predicted octanol–water partition coefficient (Wildman–Crippen LogP) is 4.09. The minimum absolute atomic E-state index is 0.115. The van der Waals surface area contributed by atoms with Gasteiger partial charge in [0.1, 0.15) is 0 Å². The molecule has 1 aliphatic rings. The fraction of sp³-hybridized carbons (Fsp3) is 0.222. The molecule has 124 valence electrons. The molecule has 0 saturated heterocycles. The minimum Gasteiger partial charge on any atom is -0.465 e. The van der Waals surface area contributed by atoms with Crippen LogP contribution in [-0.4, -0.2) is 34.2 Å². The third kappa shape index (κ3) is 3.37. The second kappa shape index (κ2) is 6.70. The summed E-state index contributed by atoms with van der Waals surface area (Å²) in [6.07, 6.45) is 3.05. The van der Waals surface area contributed by atoms with Crippen LogP contribution in [0.1, 0.15) is 17.5 Å². The van der Waals surface area contributed by atoms with Crippen LogP contribution in [0.25, 0.3) is 5.57 Å². The molecular weight excluding hydrogens is 311 g/mol. The van der Waals surface area contributed by atoms with E-state index in [1.807, 2.05) is 12.1 Å². The van der Waals surface area contributed by atoms with Gasteiger partial charge in [0.25, 0.3) is 0 Å². The maximum absolute atomic E-state index is 14.0. The molecule has 0 aliphatic carbocycles. The number of carbonyl (C=O) groups is 1. The van der Waals surface area contributed by atoms with Crippen molar-refractivity contribution in [3.63, 3.8) is 0 Å². The number of rotatable bonds is 3. The Hall–Kier alpha value is -2.89. The molecule has 1 amide bonds. The van der Waals surface area contributed by atoms with Gasteiger partial charge in [-0.1, -0.05) is 12.1 Å². The first-order chi connectivity index (χ1) is 11.5. The second-order valence-electron chi connectivity index (χ2n) is 5.60. The van der Waals surface area contributed by atoms with Crippen LogP contribution >= 0.6 is 0 Å². The van der Waals surface area contributed by atoms with E-state index in [2.05, 4.69) is 4.98 Å². The molecule has 0 unspecified atom stereocenters. The fourth-order valence-electron chi connectivity index (χ4n) is 2.60. The van der Waals surface area contributed by atoms with E-state index in [4.69, 9.17) is 9.84 Å². The molecule has 0 radical (unpaired) electrons. The Kier molecular flexibility index (Phi) is 4.46. The Bertz CT molecular complexity index is 805. The van der Waals surface area contributed by atoms with E-state index in [1.165, 1.54) is 11.0 Å². The average molecular weight is 328 g/mol. The van der Waals surface area contributed by atoms with Crippen LogP contribution < -0.4 is 4.74 Å². The van der Waals surface area contributed by atoms with Crippen molar-refractivity contribution in [2.45, 2.75) is 13.3 Å². The van der Waals surface area contributed by atoms with Gasteiger partial charge in [0.2, 0.25) is 5.88 Å². The molecule has 1 N–H and O–H groups in total. The SMILES string of the molecule is Cc1ccc(Oc2ncccc2C2=CCN(C(=O)O)CC2)c(F)c1. The molecule has 0 fully saturated rings. The highest BCUT2D eigenvalue weighted by molar-refractivity contribution is 5.73. The Labute approximate surface area is 139 Å². The van der Waals surface area contributed by atoms with Crippen LogP contribution in [0.4, 0.5) is 9.18 Å². The predicted molar refractivity (Wildman–Crippen MR) is 87.6 cm³/mol. The van der Waals surface area contributed by atoms with Crippen LogP contribution in [0.5, 0.6) is 11.6 Å². The number of halogens is 1. The van der Waals surface area contributed by atoms with E-state index in [-0.39, 0.29) is 5.75 Å². The summed E-state index contributed by atoms with van der Waals surface area (Å²) in [5.41, 5.74) is 2.51. The van der Waals surface area contributed by atoms with E-state index in [1.54, 1.807) is 31.3 Å². The molecule has 0 spiro atoms. The second-order valence-corrected chi connectivity index (χ2v) is 5.60. The van der Waals surface area contributed by atoms with Crippen LogP contribution in [0, 0.1) is 12.7 Å². The Balaban J connectivity index is 1.87. The molecule has 6 heteroatoms. The van der Waals surface area contributed by atoms with Gasteiger partial charge in [0, 0.05) is 24.8 Å². The van der Waals surface area contributed by atoms with Crippen molar-refractivity contribution in [3.8, 4) is 11.6 Å². The number of ether oxygens (including phenoxy) is 1. The Morgan fingerprint density at radius 1 is 1.38 bits per heavy atom. The standard InChI is InChI=1S/C18H17FN2O3/c1-12-4-5-16(15(19)11-12)24-17-14(3-2-8-20-17)13-6-9-21(10-7-13)18(22)23/h2-6,8,11H,7,9-10H2,1H3,(H,22,23). The van der Waals surface area contributed by atoms with Crippen molar-refractivity contribution >= 4 is 11.7 Å². The largest absolute Gasteiger partial charge is 0.465 e. The van der Waals surface area contributed by atoms with Crippen molar-refractivity contribution in [1.29, 1.82) is 0 Å². The van der Waals surface area contributed by atoms with Gasteiger partial charge in [-0.2, -0.15) is 0 Å². The molecule has 2 heterocycles. The summed E-state index contributed by atoms with van der Waals surface area (Å²) >= 11 is 0. The Morgan fingerprint density at radius 3 is 2.88 bits per heavy atom. The van der Waals surface area contributed by atoms with E-state index in [9.17, 15) is 9.18 Å². The summed E-state index contributed by atoms with van der Waals surface area (Å²) in [6, 6.07) is 8.37. The highest BCUT2D eigenvalue weighted by Gasteiger charge is 2.20. The highest BCUT2D eigenvalue weighted by atomic mass is 19.1. The summed E-state index contributed by atoms with van der Waals surface area (Å²) in [5.74, 6) is -0.0133. The van der Waals surface area contributed by atoms with Gasteiger partial charge in [-0.3, -0.25) is 0 Å². The van der Waals surface area contributed by atoms with Gasteiger partial charge in [-0.25, -0.2) is 14.2 Å². The third-order valence-electron chi connectivity index (χ3n) is 3.89. The van der Waals surface area contributed by atoms with Gasteiger partial charge in [0.05, 0.1) is 0 Å². The number of carboxylic acid groups (broad SMARTS) is 1. The topological polar surface area (TPSA) is 62.7 Å². The summed E-state index contributed by atoms with van der Waals surface area (Å²) < 4.78 is 19.7. The maximum Gasteiger partial charge on any atom is 0.407 e. The lowest BCUT2D eigenvalue weighted by Crippen LogP contribution is -2.33. The van der Waals surface area contributed by atoms with Gasteiger partial charge in [0.15, 0.2) is 11.6 Å². The van der Waals surface area contributed by atoms with Gasteiger partial charge >= 0.3 is 6.09 Å². The smallest absolute Gasteiger partial charge is 0.407 e. The zero-order valence-electron chi connectivity index (χ0n) is 13.2.